The van der Waals surface area contributed by atoms with Gasteiger partial charge in [-0.3, -0.25) is 0 Å². The van der Waals surface area contributed by atoms with Gasteiger partial charge in [0.25, 0.3) is 0 Å². The van der Waals surface area contributed by atoms with Crippen molar-refractivity contribution in [2.75, 3.05) is 6.61 Å². The number of halogens is 1. The highest BCUT2D eigenvalue weighted by Crippen LogP contribution is 2.19. The Morgan fingerprint density at radius 3 is 2.75 bits per heavy atom. The first-order valence-electron chi connectivity index (χ1n) is 5.30. The number of aromatic nitrogens is 2. The molecule has 0 saturated carbocycles. The molecule has 1 aromatic rings. The third kappa shape index (κ3) is 4.31. The van der Waals surface area contributed by atoms with Crippen molar-refractivity contribution in [1.82, 2.24) is 9.97 Å². The van der Waals surface area contributed by atoms with Crippen molar-refractivity contribution in [3.05, 3.63) is 28.6 Å². The summed E-state index contributed by atoms with van der Waals surface area (Å²) in [7, 11) is 0. The maximum absolute atomic E-state index is 5.55. The smallest absolute Gasteiger partial charge is 0.217 e. The Morgan fingerprint density at radius 1 is 1.50 bits per heavy atom. The summed E-state index contributed by atoms with van der Waals surface area (Å²) in [6.07, 6.45) is 0.846. The molecule has 0 aliphatic rings. The van der Waals surface area contributed by atoms with E-state index in [0.29, 0.717) is 18.4 Å². The van der Waals surface area contributed by atoms with Crippen LogP contribution >= 0.6 is 15.9 Å². The van der Waals surface area contributed by atoms with Crippen molar-refractivity contribution in [2.24, 2.45) is 0 Å². The lowest BCUT2D eigenvalue weighted by molar-refractivity contribution is 0.306. The topological polar surface area (TPSA) is 35.0 Å². The Kier molecular flexibility index (Phi) is 4.93. The second-order valence-corrected chi connectivity index (χ2v) is 4.91. The van der Waals surface area contributed by atoms with Crippen LogP contribution in [0.2, 0.25) is 0 Å². The lowest BCUT2D eigenvalue weighted by Gasteiger charge is -2.09. The number of nitrogens with zero attached hydrogens (tertiary/aromatic N) is 2. The zero-order valence-electron chi connectivity index (χ0n) is 9.96. The normalized spacial score (nSPS) is 10.6. The van der Waals surface area contributed by atoms with E-state index in [1.54, 1.807) is 6.07 Å². The fraction of sp³-hybridized carbons (Fsp3) is 0.500. The van der Waals surface area contributed by atoms with Crippen LogP contribution in [0.1, 0.15) is 38.9 Å². The largest absolute Gasteiger partial charge is 0.477 e. The van der Waals surface area contributed by atoms with Crippen LogP contribution in [0.3, 0.4) is 0 Å². The van der Waals surface area contributed by atoms with Crippen molar-refractivity contribution < 1.29 is 4.74 Å². The van der Waals surface area contributed by atoms with Crippen molar-refractivity contribution >= 4 is 15.9 Å². The summed E-state index contributed by atoms with van der Waals surface area (Å²) < 4.78 is 6.31. The summed E-state index contributed by atoms with van der Waals surface area (Å²) in [5, 5.41) is 0. The summed E-state index contributed by atoms with van der Waals surface area (Å²) in [6.45, 7) is 10.5. The van der Waals surface area contributed by atoms with Crippen molar-refractivity contribution in [3.8, 4) is 5.88 Å². The summed E-state index contributed by atoms with van der Waals surface area (Å²) in [4.78, 5) is 8.62. The number of rotatable bonds is 5. The second kappa shape index (κ2) is 5.99. The molecule has 0 amide bonds. The highest BCUT2D eigenvalue weighted by Gasteiger charge is 2.07. The summed E-state index contributed by atoms with van der Waals surface area (Å²) in [6, 6.07) is 1.78. The SMILES string of the molecule is C=C(C)CCOc1cc(Br)nc(C(C)C)n1. The minimum atomic E-state index is 0.293. The Labute approximate surface area is 105 Å². The van der Waals surface area contributed by atoms with Crippen LogP contribution in [-0.2, 0) is 0 Å². The van der Waals surface area contributed by atoms with Gasteiger partial charge in [0.05, 0.1) is 6.61 Å². The molecule has 1 aromatic heterocycles. The first-order chi connectivity index (χ1) is 7.49. The van der Waals surface area contributed by atoms with E-state index in [2.05, 4.69) is 46.3 Å². The summed E-state index contributed by atoms with van der Waals surface area (Å²) in [5.74, 6) is 1.70. The van der Waals surface area contributed by atoms with Crippen molar-refractivity contribution in [2.45, 2.75) is 33.1 Å². The molecule has 3 nitrogen and oxygen atoms in total. The molecule has 16 heavy (non-hydrogen) atoms. The predicted octanol–water partition coefficient (Wildman–Crippen LogP) is 3.71. The molecular formula is C12H17BrN2O. The third-order valence-corrected chi connectivity index (χ3v) is 2.39. The molecule has 4 heteroatoms. The molecule has 0 aliphatic carbocycles. The first kappa shape index (κ1) is 13.2. The number of hydrogen-bond donors (Lipinski definition) is 0. The number of ether oxygens (including phenoxy) is 1. The monoisotopic (exact) mass is 284 g/mol. The van der Waals surface area contributed by atoms with Gasteiger partial charge in [0.2, 0.25) is 5.88 Å². The average molecular weight is 285 g/mol. The van der Waals surface area contributed by atoms with Gasteiger partial charge in [-0.2, -0.15) is 4.98 Å². The van der Waals surface area contributed by atoms with Crippen LogP contribution in [0.5, 0.6) is 5.88 Å². The van der Waals surface area contributed by atoms with Crippen molar-refractivity contribution in [1.29, 1.82) is 0 Å². The Bertz CT molecular complexity index is 377. The van der Waals surface area contributed by atoms with Crippen LogP contribution in [0.4, 0.5) is 0 Å². The van der Waals surface area contributed by atoms with E-state index < -0.39 is 0 Å². The molecule has 0 aromatic carbocycles. The lowest BCUT2D eigenvalue weighted by Crippen LogP contribution is -2.04. The summed E-state index contributed by atoms with van der Waals surface area (Å²) in [5.41, 5.74) is 1.11. The van der Waals surface area contributed by atoms with Crippen LogP contribution in [0, 0.1) is 0 Å². The fourth-order valence-electron chi connectivity index (χ4n) is 1.08. The van der Waals surface area contributed by atoms with Gasteiger partial charge in [-0.1, -0.05) is 19.4 Å². The minimum absolute atomic E-state index is 0.293. The molecule has 0 bridgehead atoms. The highest BCUT2D eigenvalue weighted by atomic mass is 79.9. The second-order valence-electron chi connectivity index (χ2n) is 4.10. The first-order valence-corrected chi connectivity index (χ1v) is 6.10. The molecule has 0 fully saturated rings. The van der Waals surface area contributed by atoms with Gasteiger partial charge in [0.15, 0.2) is 0 Å². The maximum Gasteiger partial charge on any atom is 0.217 e. The fourth-order valence-corrected chi connectivity index (χ4v) is 1.45. The molecule has 0 saturated heterocycles. The van der Waals surface area contributed by atoms with E-state index >= 15 is 0 Å². The van der Waals surface area contributed by atoms with E-state index in [1.165, 1.54) is 0 Å². The molecule has 0 unspecified atom stereocenters. The zero-order valence-corrected chi connectivity index (χ0v) is 11.5. The quantitative estimate of drug-likeness (QED) is 0.611. The van der Waals surface area contributed by atoms with E-state index in [0.717, 1.165) is 22.4 Å². The molecule has 1 rings (SSSR count). The average Bonchev–Trinajstić information content (AvgIpc) is 2.16. The lowest BCUT2D eigenvalue weighted by atomic mass is 10.2. The molecule has 0 aliphatic heterocycles. The highest BCUT2D eigenvalue weighted by molar-refractivity contribution is 9.10. The predicted molar refractivity (Wildman–Crippen MR) is 68.7 cm³/mol. The molecule has 88 valence electrons. The van der Waals surface area contributed by atoms with E-state index in [9.17, 15) is 0 Å². The van der Waals surface area contributed by atoms with Gasteiger partial charge in [-0.05, 0) is 22.9 Å². The molecule has 0 N–H and O–H groups in total. The van der Waals surface area contributed by atoms with Crippen LogP contribution in [0.15, 0.2) is 22.8 Å². The van der Waals surface area contributed by atoms with Gasteiger partial charge in [0, 0.05) is 18.4 Å². The molecule has 0 radical (unpaired) electrons. The van der Waals surface area contributed by atoms with Gasteiger partial charge >= 0.3 is 0 Å². The minimum Gasteiger partial charge on any atom is -0.477 e. The van der Waals surface area contributed by atoms with Gasteiger partial charge in [-0.25, -0.2) is 4.98 Å². The molecular weight excluding hydrogens is 268 g/mol. The van der Waals surface area contributed by atoms with Gasteiger partial charge in [0.1, 0.15) is 10.4 Å². The van der Waals surface area contributed by atoms with Gasteiger partial charge in [-0.15, -0.1) is 6.58 Å². The Hall–Kier alpha value is -0.900. The Morgan fingerprint density at radius 2 is 2.19 bits per heavy atom. The molecule has 0 atom stereocenters. The Balaban J connectivity index is 2.69. The maximum atomic E-state index is 5.55. The van der Waals surface area contributed by atoms with Crippen LogP contribution in [0.25, 0.3) is 0 Å². The summed E-state index contributed by atoms with van der Waals surface area (Å²) >= 11 is 3.35. The number of hydrogen-bond acceptors (Lipinski definition) is 3. The standard InChI is InChI=1S/C12H17BrN2O/c1-8(2)5-6-16-11-7-10(13)14-12(15-11)9(3)4/h7,9H,1,5-6H2,2-4H3. The van der Waals surface area contributed by atoms with E-state index in [-0.39, 0.29) is 0 Å². The van der Waals surface area contributed by atoms with Crippen LogP contribution in [-0.4, -0.2) is 16.6 Å². The molecule has 1 heterocycles. The van der Waals surface area contributed by atoms with Gasteiger partial charge < -0.3 is 4.74 Å². The van der Waals surface area contributed by atoms with E-state index in [4.69, 9.17) is 4.74 Å². The van der Waals surface area contributed by atoms with E-state index in [1.807, 2.05) is 6.92 Å². The third-order valence-electron chi connectivity index (χ3n) is 1.98. The molecule has 0 spiro atoms. The van der Waals surface area contributed by atoms with Crippen LogP contribution < -0.4 is 4.74 Å². The zero-order chi connectivity index (χ0) is 12.1. The van der Waals surface area contributed by atoms with Crippen molar-refractivity contribution in [3.63, 3.8) is 0 Å².